The first kappa shape index (κ1) is 12.9. The highest BCUT2D eigenvalue weighted by Crippen LogP contribution is 2.33. The minimum atomic E-state index is 0.589. The third kappa shape index (κ3) is 4.30. The Labute approximate surface area is 115 Å². The lowest BCUT2D eigenvalue weighted by molar-refractivity contribution is 1.34. The van der Waals surface area contributed by atoms with Gasteiger partial charge in [0, 0.05) is 16.5 Å². The summed E-state index contributed by atoms with van der Waals surface area (Å²) in [6, 6.07) is 18.9. The Morgan fingerprint density at radius 2 is 1.47 bits per heavy atom. The quantitative estimate of drug-likeness (QED) is 0.534. The van der Waals surface area contributed by atoms with E-state index in [1.165, 1.54) is 16.0 Å². The largest absolute Gasteiger partial charge is 0.122 e. The molecule has 0 aliphatic carbocycles. The maximum absolute atomic E-state index is 5.75. The van der Waals surface area contributed by atoms with E-state index < -0.39 is 0 Å². The third-order valence-corrected chi connectivity index (χ3v) is 4.93. The Balaban J connectivity index is 1.82. The van der Waals surface area contributed by atoms with E-state index in [0.717, 1.165) is 5.75 Å². The van der Waals surface area contributed by atoms with Gasteiger partial charge in [0.15, 0.2) is 0 Å². The van der Waals surface area contributed by atoms with Gasteiger partial charge < -0.3 is 0 Å². The fourth-order valence-electron chi connectivity index (χ4n) is 1.37. The van der Waals surface area contributed by atoms with E-state index in [1.807, 2.05) is 27.7 Å². The van der Waals surface area contributed by atoms with E-state index >= 15 is 0 Å². The summed E-state index contributed by atoms with van der Waals surface area (Å²) in [5.41, 5.74) is 2.52. The van der Waals surface area contributed by atoms with Crippen molar-refractivity contribution in [2.24, 2.45) is 0 Å². The second kappa shape index (κ2) is 7.00. The minimum absolute atomic E-state index is 0.589. The molecule has 0 aliphatic heterocycles. The molecule has 0 heterocycles. The van der Waals surface area contributed by atoms with Crippen LogP contribution in [0, 0.1) is 0 Å². The molecule has 0 nitrogen and oxygen atoms in total. The van der Waals surface area contributed by atoms with Gasteiger partial charge in [-0.25, -0.2) is 0 Å². The molecule has 0 amide bonds. The van der Waals surface area contributed by atoms with Crippen LogP contribution in [0.1, 0.15) is 11.1 Å². The Morgan fingerprint density at radius 1 is 0.824 bits per heavy atom. The molecule has 0 spiro atoms. The molecular weight excluding hydrogens is 268 g/mol. The van der Waals surface area contributed by atoms with Gasteiger partial charge in [-0.1, -0.05) is 64.1 Å². The van der Waals surface area contributed by atoms with Gasteiger partial charge in [0.1, 0.15) is 0 Å². The van der Waals surface area contributed by atoms with Crippen LogP contribution >= 0.6 is 33.2 Å². The summed E-state index contributed by atoms with van der Waals surface area (Å²) in [5, 5.41) is 0. The molecule has 0 aromatic heterocycles. The van der Waals surface area contributed by atoms with Crippen molar-refractivity contribution in [2.75, 3.05) is 0 Å². The Bertz CT molecular complexity index is 440. The van der Waals surface area contributed by atoms with Crippen LogP contribution in [0.15, 0.2) is 59.5 Å². The van der Waals surface area contributed by atoms with Crippen molar-refractivity contribution in [3.63, 3.8) is 0 Å². The molecule has 0 aliphatic rings. The van der Waals surface area contributed by atoms with Crippen LogP contribution in [0.5, 0.6) is 0 Å². The number of rotatable bonds is 5. The molecule has 2 rings (SSSR count). The number of halogens is 1. The van der Waals surface area contributed by atoms with Crippen molar-refractivity contribution in [1.29, 1.82) is 0 Å². The molecule has 0 saturated heterocycles. The lowest BCUT2D eigenvalue weighted by Crippen LogP contribution is -1.81. The van der Waals surface area contributed by atoms with Gasteiger partial charge in [-0.05, 0) is 23.3 Å². The van der Waals surface area contributed by atoms with Crippen LogP contribution in [0.4, 0.5) is 0 Å². The zero-order chi connectivity index (χ0) is 11.9. The van der Waals surface area contributed by atoms with E-state index in [-0.39, 0.29) is 0 Å². The molecular formula is C14H13ClS2. The maximum Gasteiger partial charge on any atom is 0.0474 e. The highest BCUT2D eigenvalue weighted by Gasteiger charge is 1.97. The lowest BCUT2D eigenvalue weighted by atomic mass is 10.2. The van der Waals surface area contributed by atoms with E-state index in [9.17, 15) is 0 Å². The van der Waals surface area contributed by atoms with Crippen molar-refractivity contribution in [3.05, 3.63) is 65.7 Å². The lowest BCUT2D eigenvalue weighted by Gasteiger charge is -2.02. The molecule has 0 fully saturated rings. The van der Waals surface area contributed by atoms with Gasteiger partial charge >= 0.3 is 0 Å². The summed E-state index contributed by atoms with van der Waals surface area (Å²) in [7, 11) is 3.67. The first-order valence-corrected chi connectivity index (χ1v) is 8.22. The molecule has 88 valence electrons. The number of hydrogen-bond acceptors (Lipinski definition) is 2. The highest BCUT2D eigenvalue weighted by atomic mass is 35.5. The molecule has 3 heteroatoms. The summed E-state index contributed by atoms with van der Waals surface area (Å²) >= 11 is 5.75. The van der Waals surface area contributed by atoms with Crippen LogP contribution in [-0.4, -0.2) is 0 Å². The van der Waals surface area contributed by atoms with Gasteiger partial charge in [-0.15, -0.1) is 11.6 Å². The smallest absolute Gasteiger partial charge is 0.0474 e. The topological polar surface area (TPSA) is 0 Å². The molecule has 0 saturated carbocycles. The zero-order valence-electron chi connectivity index (χ0n) is 9.30. The van der Waals surface area contributed by atoms with Crippen molar-refractivity contribution in [3.8, 4) is 0 Å². The van der Waals surface area contributed by atoms with Crippen molar-refractivity contribution < 1.29 is 0 Å². The molecule has 0 unspecified atom stereocenters. The zero-order valence-corrected chi connectivity index (χ0v) is 11.7. The van der Waals surface area contributed by atoms with Crippen molar-refractivity contribution in [2.45, 2.75) is 16.5 Å². The average molecular weight is 281 g/mol. The molecule has 17 heavy (non-hydrogen) atoms. The molecule has 0 N–H and O–H groups in total. The van der Waals surface area contributed by atoms with Crippen LogP contribution in [0.2, 0.25) is 0 Å². The third-order valence-electron chi connectivity index (χ3n) is 2.30. The van der Waals surface area contributed by atoms with Gasteiger partial charge in [0.2, 0.25) is 0 Å². The Morgan fingerprint density at radius 3 is 2.12 bits per heavy atom. The van der Waals surface area contributed by atoms with Crippen molar-refractivity contribution in [1.82, 2.24) is 0 Å². The monoisotopic (exact) mass is 280 g/mol. The van der Waals surface area contributed by atoms with Crippen LogP contribution in [-0.2, 0) is 11.6 Å². The van der Waals surface area contributed by atoms with Crippen LogP contribution in [0.3, 0.4) is 0 Å². The second-order valence-corrected chi connectivity index (χ2v) is 6.25. The summed E-state index contributed by atoms with van der Waals surface area (Å²) < 4.78 is 0. The van der Waals surface area contributed by atoms with Gasteiger partial charge in [0.25, 0.3) is 0 Å². The minimum Gasteiger partial charge on any atom is -0.122 e. The van der Waals surface area contributed by atoms with E-state index in [0.29, 0.717) is 5.88 Å². The van der Waals surface area contributed by atoms with Crippen molar-refractivity contribution >= 4 is 33.2 Å². The first-order chi connectivity index (χ1) is 8.38. The first-order valence-electron chi connectivity index (χ1n) is 5.37. The molecule has 0 bridgehead atoms. The van der Waals surface area contributed by atoms with E-state index in [1.54, 1.807) is 0 Å². The number of alkyl halides is 1. The summed E-state index contributed by atoms with van der Waals surface area (Å²) in [5.74, 6) is 1.61. The maximum atomic E-state index is 5.75. The van der Waals surface area contributed by atoms with Gasteiger partial charge in [0.05, 0.1) is 0 Å². The average Bonchev–Trinajstić information content (AvgIpc) is 2.41. The van der Waals surface area contributed by atoms with Gasteiger partial charge in [-0.2, -0.15) is 0 Å². The summed E-state index contributed by atoms with van der Waals surface area (Å²) in [6.45, 7) is 0. The van der Waals surface area contributed by atoms with E-state index in [4.69, 9.17) is 11.6 Å². The summed E-state index contributed by atoms with van der Waals surface area (Å²) in [4.78, 5) is 1.30. The fraction of sp³-hybridized carbons (Fsp3) is 0.143. The normalized spacial score (nSPS) is 10.4. The summed E-state index contributed by atoms with van der Waals surface area (Å²) in [6.07, 6.45) is 0. The number of hydrogen-bond donors (Lipinski definition) is 0. The van der Waals surface area contributed by atoms with Crippen LogP contribution in [0.25, 0.3) is 0 Å². The predicted molar refractivity (Wildman–Crippen MR) is 79.6 cm³/mol. The molecule has 2 aromatic rings. The van der Waals surface area contributed by atoms with Gasteiger partial charge in [-0.3, -0.25) is 0 Å². The fourth-order valence-corrected chi connectivity index (χ4v) is 3.66. The Hall–Kier alpha value is -0.570. The molecule has 0 radical (unpaired) electrons. The second-order valence-electron chi connectivity index (χ2n) is 3.61. The SMILES string of the molecule is ClCc1ccc(CSSc2ccccc2)cc1. The Kier molecular flexibility index (Phi) is 5.30. The standard InChI is InChI=1S/C14H13ClS2/c15-10-12-6-8-13(9-7-12)11-16-17-14-4-2-1-3-5-14/h1-9H,10-11H2. The van der Waals surface area contributed by atoms with E-state index in [2.05, 4.69) is 48.5 Å². The van der Waals surface area contributed by atoms with Crippen LogP contribution < -0.4 is 0 Å². The highest BCUT2D eigenvalue weighted by molar-refractivity contribution is 8.76. The molecule has 2 aromatic carbocycles. The molecule has 0 atom stereocenters. The predicted octanol–water partition coefficient (Wildman–Crippen LogP) is 5.37. The number of benzene rings is 2.